The molecule has 0 N–H and O–H groups in total. The first-order valence-electron chi connectivity index (χ1n) is 8.92. The van der Waals surface area contributed by atoms with Crippen molar-refractivity contribution in [3.8, 4) is 28.3 Å². The van der Waals surface area contributed by atoms with Gasteiger partial charge in [-0.3, -0.25) is 0 Å². The lowest BCUT2D eigenvalue weighted by Crippen LogP contribution is -1.99. The highest BCUT2D eigenvalue weighted by molar-refractivity contribution is 7.99. The van der Waals surface area contributed by atoms with Gasteiger partial charge in [-0.25, -0.2) is 9.37 Å². The SMILES string of the molecule is Fc1ccc(OCCSc2nc(-c3ccccc3)c(-c3ccccc3)o2)cc1. The van der Waals surface area contributed by atoms with Gasteiger partial charge >= 0.3 is 0 Å². The van der Waals surface area contributed by atoms with Gasteiger partial charge in [0.05, 0.1) is 6.61 Å². The first kappa shape index (κ1) is 18.3. The van der Waals surface area contributed by atoms with Crippen LogP contribution in [0.15, 0.2) is 94.6 Å². The van der Waals surface area contributed by atoms with Gasteiger partial charge < -0.3 is 9.15 Å². The van der Waals surface area contributed by atoms with Gasteiger partial charge in [-0.15, -0.1) is 0 Å². The molecule has 0 unspecified atom stereocenters. The van der Waals surface area contributed by atoms with Crippen LogP contribution in [0.2, 0.25) is 0 Å². The molecule has 0 aliphatic carbocycles. The maximum absolute atomic E-state index is 12.9. The normalized spacial score (nSPS) is 10.8. The van der Waals surface area contributed by atoms with Gasteiger partial charge in [0, 0.05) is 16.9 Å². The molecule has 140 valence electrons. The molecular weight excluding hydrogens is 373 g/mol. The van der Waals surface area contributed by atoms with Crippen LogP contribution in [-0.4, -0.2) is 17.3 Å². The molecule has 5 heteroatoms. The molecule has 0 spiro atoms. The molecule has 0 fully saturated rings. The lowest BCUT2D eigenvalue weighted by atomic mass is 10.1. The molecule has 0 saturated heterocycles. The minimum atomic E-state index is -0.275. The Hall–Kier alpha value is -3.05. The zero-order valence-electron chi connectivity index (χ0n) is 15.0. The van der Waals surface area contributed by atoms with E-state index in [1.165, 1.54) is 23.9 Å². The largest absolute Gasteiger partial charge is 0.493 e. The maximum atomic E-state index is 12.9. The summed E-state index contributed by atoms with van der Waals surface area (Å²) in [4.78, 5) is 4.70. The van der Waals surface area contributed by atoms with Crippen LogP contribution >= 0.6 is 11.8 Å². The van der Waals surface area contributed by atoms with E-state index in [0.717, 1.165) is 22.6 Å². The summed E-state index contributed by atoms with van der Waals surface area (Å²) in [6.07, 6.45) is 0. The third kappa shape index (κ3) is 4.43. The second-order valence-corrected chi connectivity index (χ2v) is 7.09. The van der Waals surface area contributed by atoms with Crippen LogP contribution in [0.1, 0.15) is 0 Å². The molecule has 1 heterocycles. The fourth-order valence-electron chi connectivity index (χ4n) is 2.76. The van der Waals surface area contributed by atoms with Crippen LogP contribution < -0.4 is 4.74 Å². The molecule has 1 aromatic heterocycles. The van der Waals surface area contributed by atoms with Gasteiger partial charge in [0.25, 0.3) is 5.22 Å². The van der Waals surface area contributed by atoms with Crippen LogP contribution in [0, 0.1) is 5.82 Å². The summed E-state index contributed by atoms with van der Waals surface area (Å²) >= 11 is 1.49. The smallest absolute Gasteiger partial charge is 0.256 e. The maximum Gasteiger partial charge on any atom is 0.256 e. The Labute approximate surface area is 167 Å². The first-order chi connectivity index (χ1) is 13.8. The molecule has 0 atom stereocenters. The van der Waals surface area contributed by atoms with Crippen molar-refractivity contribution in [3.63, 3.8) is 0 Å². The van der Waals surface area contributed by atoms with E-state index in [-0.39, 0.29) is 5.82 Å². The summed E-state index contributed by atoms with van der Waals surface area (Å²) in [5.74, 6) is 1.79. The second kappa shape index (κ2) is 8.76. The first-order valence-corrected chi connectivity index (χ1v) is 9.91. The van der Waals surface area contributed by atoms with Crippen LogP contribution in [-0.2, 0) is 0 Å². The molecule has 3 aromatic carbocycles. The van der Waals surface area contributed by atoms with Crippen molar-refractivity contribution in [2.75, 3.05) is 12.4 Å². The minimum Gasteiger partial charge on any atom is -0.493 e. The highest BCUT2D eigenvalue weighted by Gasteiger charge is 2.17. The number of oxazole rings is 1. The molecule has 0 aliphatic heterocycles. The topological polar surface area (TPSA) is 35.3 Å². The van der Waals surface area contributed by atoms with E-state index in [1.807, 2.05) is 60.7 Å². The molecule has 0 aliphatic rings. The lowest BCUT2D eigenvalue weighted by molar-refractivity contribution is 0.342. The number of hydrogen-bond acceptors (Lipinski definition) is 4. The van der Waals surface area contributed by atoms with Crippen molar-refractivity contribution in [2.45, 2.75) is 5.22 Å². The van der Waals surface area contributed by atoms with Gasteiger partial charge in [-0.05, 0) is 24.3 Å². The van der Waals surface area contributed by atoms with Crippen LogP contribution in [0.4, 0.5) is 4.39 Å². The zero-order chi connectivity index (χ0) is 19.2. The number of aromatic nitrogens is 1. The molecule has 0 bridgehead atoms. The monoisotopic (exact) mass is 391 g/mol. The average molecular weight is 391 g/mol. The van der Waals surface area contributed by atoms with E-state index in [4.69, 9.17) is 14.1 Å². The Morgan fingerprint density at radius 3 is 2.14 bits per heavy atom. The molecule has 3 nitrogen and oxygen atoms in total. The van der Waals surface area contributed by atoms with Gasteiger partial charge in [0.1, 0.15) is 17.3 Å². The fourth-order valence-corrected chi connectivity index (χ4v) is 3.40. The van der Waals surface area contributed by atoms with Crippen molar-refractivity contribution in [3.05, 3.63) is 90.7 Å². The van der Waals surface area contributed by atoms with Gasteiger partial charge in [-0.2, -0.15) is 0 Å². The van der Waals surface area contributed by atoms with Crippen molar-refractivity contribution < 1.29 is 13.5 Å². The quantitative estimate of drug-likeness (QED) is 0.273. The van der Waals surface area contributed by atoms with Gasteiger partial charge in [0.15, 0.2) is 5.76 Å². The Bertz CT molecular complexity index is 961. The lowest BCUT2D eigenvalue weighted by Gasteiger charge is -2.04. The summed E-state index contributed by atoms with van der Waals surface area (Å²) < 4.78 is 24.6. The summed E-state index contributed by atoms with van der Waals surface area (Å²) in [7, 11) is 0. The highest BCUT2D eigenvalue weighted by Crippen LogP contribution is 2.35. The number of halogens is 1. The van der Waals surface area contributed by atoms with Crippen LogP contribution in [0.25, 0.3) is 22.6 Å². The Kier molecular flexibility index (Phi) is 5.73. The van der Waals surface area contributed by atoms with E-state index in [9.17, 15) is 4.39 Å². The van der Waals surface area contributed by atoms with Crippen molar-refractivity contribution in [2.24, 2.45) is 0 Å². The van der Waals surface area contributed by atoms with E-state index >= 15 is 0 Å². The van der Waals surface area contributed by atoms with Crippen molar-refractivity contribution in [1.82, 2.24) is 4.98 Å². The van der Waals surface area contributed by atoms with Crippen molar-refractivity contribution in [1.29, 1.82) is 0 Å². The number of thioether (sulfide) groups is 1. The summed E-state index contributed by atoms with van der Waals surface area (Å²) in [5, 5.41) is 0.598. The standard InChI is InChI=1S/C23H18FNO2S/c24-19-11-13-20(14-12-19)26-15-16-28-23-25-21(17-7-3-1-4-8-17)22(27-23)18-9-5-2-6-10-18/h1-14H,15-16H2. The third-order valence-electron chi connectivity index (χ3n) is 4.08. The number of benzene rings is 3. The summed E-state index contributed by atoms with van der Waals surface area (Å²) in [6, 6.07) is 26.0. The molecule has 4 aromatic rings. The van der Waals surface area contributed by atoms with E-state index in [1.54, 1.807) is 12.1 Å². The minimum absolute atomic E-state index is 0.275. The Balaban J connectivity index is 1.48. The highest BCUT2D eigenvalue weighted by atomic mass is 32.2. The molecule has 0 amide bonds. The zero-order valence-corrected chi connectivity index (χ0v) is 15.9. The van der Waals surface area contributed by atoms with Gasteiger partial charge in [-0.1, -0.05) is 72.4 Å². The summed E-state index contributed by atoms with van der Waals surface area (Å²) in [6.45, 7) is 0.472. The predicted molar refractivity (Wildman–Crippen MR) is 110 cm³/mol. The molecule has 4 rings (SSSR count). The van der Waals surface area contributed by atoms with E-state index in [2.05, 4.69) is 0 Å². The predicted octanol–water partition coefficient (Wildman–Crippen LogP) is 6.32. The van der Waals surface area contributed by atoms with Crippen molar-refractivity contribution >= 4 is 11.8 Å². The second-order valence-electron chi connectivity index (χ2n) is 6.04. The third-order valence-corrected chi connectivity index (χ3v) is 4.87. The van der Waals surface area contributed by atoms with Crippen LogP contribution in [0.5, 0.6) is 5.75 Å². The Morgan fingerprint density at radius 2 is 1.46 bits per heavy atom. The fraction of sp³-hybridized carbons (Fsp3) is 0.0870. The van der Waals surface area contributed by atoms with Crippen LogP contribution in [0.3, 0.4) is 0 Å². The van der Waals surface area contributed by atoms with E-state index in [0.29, 0.717) is 23.3 Å². The Morgan fingerprint density at radius 1 is 0.821 bits per heavy atom. The van der Waals surface area contributed by atoms with Gasteiger partial charge in [0.2, 0.25) is 0 Å². The molecular formula is C23H18FNO2S. The number of nitrogens with zero attached hydrogens (tertiary/aromatic N) is 1. The average Bonchev–Trinajstić information content (AvgIpc) is 3.18. The molecule has 0 radical (unpaired) electrons. The molecule has 28 heavy (non-hydrogen) atoms. The molecule has 0 saturated carbocycles. The summed E-state index contributed by atoms with van der Waals surface area (Å²) in [5.41, 5.74) is 2.83. The number of hydrogen-bond donors (Lipinski definition) is 0. The number of ether oxygens (including phenoxy) is 1. The van der Waals surface area contributed by atoms with E-state index < -0.39 is 0 Å². The number of rotatable bonds is 7.